The molecule has 1 heterocycles. The molecule has 0 aliphatic carbocycles. The van der Waals surface area contributed by atoms with Crippen LogP contribution in [0.1, 0.15) is 63.5 Å². The van der Waals surface area contributed by atoms with Gasteiger partial charge in [-0.3, -0.25) is 4.79 Å². The van der Waals surface area contributed by atoms with E-state index in [-0.39, 0.29) is 5.78 Å². The Morgan fingerprint density at radius 3 is 2.20 bits per heavy atom. The molecule has 1 aromatic carbocycles. The summed E-state index contributed by atoms with van der Waals surface area (Å²) >= 11 is 0. The fourth-order valence-corrected chi connectivity index (χ4v) is 2.66. The highest BCUT2D eigenvalue weighted by atomic mass is 16.6. The highest BCUT2D eigenvalue weighted by Gasteiger charge is 2.24. The van der Waals surface area contributed by atoms with Gasteiger partial charge >= 0.3 is 6.09 Å². The summed E-state index contributed by atoms with van der Waals surface area (Å²) in [6.07, 6.45) is 2.82. The number of ether oxygens (including phenoxy) is 1. The van der Waals surface area contributed by atoms with Crippen molar-refractivity contribution in [2.45, 2.75) is 59.5 Å². The second-order valence-corrected chi connectivity index (χ2v) is 7.28. The Balaban J connectivity index is 2.41. The van der Waals surface area contributed by atoms with Gasteiger partial charge in [-0.15, -0.1) is 0 Å². The van der Waals surface area contributed by atoms with Crippen molar-refractivity contribution in [3.8, 4) is 11.3 Å². The molecule has 2 aromatic rings. The third-order valence-electron chi connectivity index (χ3n) is 3.89. The second kappa shape index (κ2) is 7.68. The van der Waals surface area contributed by atoms with Crippen molar-refractivity contribution in [3.05, 3.63) is 47.7 Å². The summed E-state index contributed by atoms with van der Waals surface area (Å²) in [5.41, 5.74) is 2.53. The van der Waals surface area contributed by atoms with Crippen molar-refractivity contribution in [1.29, 1.82) is 0 Å². The van der Waals surface area contributed by atoms with Gasteiger partial charge in [0.15, 0.2) is 5.78 Å². The molecule has 0 unspecified atom stereocenters. The molecule has 1 aromatic heterocycles. The zero-order chi connectivity index (χ0) is 18.6. The van der Waals surface area contributed by atoms with E-state index < -0.39 is 11.7 Å². The Kier molecular flexibility index (Phi) is 5.83. The zero-order valence-electron chi connectivity index (χ0n) is 15.8. The number of Topliss-reactive ketones (excluding diaryl/α,β-unsaturated/α-hetero) is 1. The van der Waals surface area contributed by atoms with Crippen LogP contribution in [0, 0.1) is 0 Å². The predicted molar refractivity (Wildman–Crippen MR) is 100 cm³/mol. The molecular weight excluding hydrogens is 314 g/mol. The van der Waals surface area contributed by atoms with E-state index in [9.17, 15) is 9.59 Å². The summed E-state index contributed by atoms with van der Waals surface area (Å²) in [5.74, 6) is -0.170. The van der Waals surface area contributed by atoms with Crippen molar-refractivity contribution < 1.29 is 14.3 Å². The number of hydrogen-bond donors (Lipinski definition) is 0. The van der Waals surface area contributed by atoms with Crippen molar-refractivity contribution in [2.24, 2.45) is 0 Å². The van der Waals surface area contributed by atoms with Gasteiger partial charge < -0.3 is 4.74 Å². The van der Waals surface area contributed by atoms with Crippen LogP contribution in [-0.2, 0) is 11.2 Å². The lowest BCUT2D eigenvalue weighted by Crippen LogP contribution is -2.29. The van der Waals surface area contributed by atoms with E-state index >= 15 is 0 Å². The molecule has 0 spiro atoms. The molecule has 25 heavy (non-hydrogen) atoms. The van der Waals surface area contributed by atoms with Crippen LogP contribution in [0.4, 0.5) is 4.79 Å². The molecule has 0 saturated heterocycles. The average molecular weight is 341 g/mol. The lowest BCUT2D eigenvalue weighted by Gasteiger charge is -2.21. The third-order valence-corrected chi connectivity index (χ3v) is 3.89. The smallest absolute Gasteiger partial charge is 0.419 e. The van der Waals surface area contributed by atoms with E-state index in [1.165, 1.54) is 17.1 Å². The van der Waals surface area contributed by atoms with Crippen molar-refractivity contribution in [1.82, 2.24) is 4.57 Å². The molecule has 0 amide bonds. The van der Waals surface area contributed by atoms with Gasteiger partial charge in [0.25, 0.3) is 0 Å². The number of hydrogen-bond acceptors (Lipinski definition) is 3. The summed E-state index contributed by atoms with van der Waals surface area (Å²) < 4.78 is 6.85. The molecule has 0 atom stereocenters. The number of aryl methyl sites for hydroxylation is 1. The second-order valence-electron chi connectivity index (χ2n) is 7.28. The van der Waals surface area contributed by atoms with Gasteiger partial charge in [0, 0.05) is 6.92 Å². The van der Waals surface area contributed by atoms with Crippen LogP contribution >= 0.6 is 0 Å². The monoisotopic (exact) mass is 341 g/mol. The Hall–Kier alpha value is -2.36. The van der Waals surface area contributed by atoms with Gasteiger partial charge in [0.1, 0.15) is 5.60 Å². The van der Waals surface area contributed by atoms with E-state index in [2.05, 4.69) is 19.1 Å². The summed E-state index contributed by atoms with van der Waals surface area (Å²) in [4.78, 5) is 24.6. The molecular formula is C21H27NO3. The van der Waals surface area contributed by atoms with Crippen molar-refractivity contribution in [2.75, 3.05) is 0 Å². The first-order valence-electron chi connectivity index (χ1n) is 8.78. The van der Waals surface area contributed by atoms with E-state index in [4.69, 9.17) is 4.74 Å². The summed E-state index contributed by atoms with van der Waals surface area (Å²) in [5, 5.41) is 0. The normalized spacial score (nSPS) is 11.4. The minimum atomic E-state index is -0.628. The number of benzene rings is 1. The topological polar surface area (TPSA) is 48.3 Å². The molecule has 0 fully saturated rings. The number of carbonyl (C=O) groups excluding carboxylic acids is 2. The van der Waals surface area contributed by atoms with Crippen LogP contribution in [0.25, 0.3) is 11.3 Å². The Bertz CT molecular complexity index is 748. The first-order valence-corrected chi connectivity index (χ1v) is 8.78. The summed E-state index contributed by atoms with van der Waals surface area (Å²) in [6, 6.07) is 11.6. The van der Waals surface area contributed by atoms with Gasteiger partial charge in [-0.2, -0.15) is 0 Å². The number of nitrogens with zero attached hydrogens (tertiary/aromatic N) is 1. The first kappa shape index (κ1) is 19.0. The van der Waals surface area contributed by atoms with Crippen LogP contribution in [0.5, 0.6) is 0 Å². The van der Waals surface area contributed by atoms with E-state index in [0.717, 1.165) is 24.8 Å². The van der Waals surface area contributed by atoms with Gasteiger partial charge in [0.2, 0.25) is 0 Å². The average Bonchev–Trinajstić information content (AvgIpc) is 2.97. The van der Waals surface area contributed by atoms with Gasteiger partial charge in [-0.1, -0.05) is 37.6 Å². The lowest BCUT2D eigenvalue weighted by molar-refractivity contribution is 0.0531. The van der Waals surface area contributed by atoms with Gasteiger partial charge in [0.05, 0.1) is 11.4 Å². The molecule has 0 aliphatic heterocycles. The van der Waals surface area contributed by atoms with Gasteiger partial charge in [-0.05, 0) is 56.9 Å². The number of aromatic nitrogens is 1. The lowest BCUT2D eigenvalue weighted by atomic mass is 10.0. The van der Waals surface area contributed by atoms with Crippen LogP contribution < -0.4 is 0 Å². The quantitative estimate of drug-likeness (QED) is 0.676. The van der Waals surface area contributed by atoms with Crippen molar-refractivity contribution in [3.63, 3.8) is 0 Å². The predicted octanol–water partition coefficient (Wildman–Crippen LogP) is 5.48. The molecule has 0 bridgehead atoms. The molecule has 4 heteroatoms. The van der Waals surface area contributed by atoms with E-state index in [1.54, 1.807) is 12.1 Å². The fourth-order valence-electron chi connectivity index (χ4n) is 2.66. The summed E-state index contributed by atoms with van der Waals surface area (Å²) in [6.45, 7) is 9.05. The maximum atomic E-state index is 12.6. The van der Waals surface area contributed by atoms with Gasteiger partial charge in [-0.25, -0.2) is 9.36 Å². The minimum absolute atomic E-state index is 0.170. The maximum Gasteiger partial charge on any atom is 0.419 e. The van der Waals surface area contributed by atoms with Crippen molar-refractivity contribution >= 4 is 11.9 Å². The third kappa shape index (κ3) is 4.81. The zero-order valence-corrected chi connectivity index (χ0v) is 15.8. The molecule has 0 saturated carbocycles. The largest absolute Gasteiger partial charge is 0.443 e. The van der Waals surface area contributed by atoms with Crippen LogP contribution in [0.2, 0.25) is 0 Å². The first-order chi connectivity index (χ1) is 11.7. The Morgan fingerprint density at radius 1 is 1.04 bits per heavy atom. The number of carbonyl (C=O) groups is 2. The maximum absolute atomic E-state index is 12.6. The minimum Gasteiger partial charge on any atom is -0.443 e. The highest BCUT2D eigenvalue weighted by Crippen LogP contribution is 2.25. The standard InChI is InChI=1S/C21H27NO3/c1-6-7-8-16-9-11-17(12-10-16)19-14-13-18(15(2)23)22(19)20(24)25-21(3,4)5/h9-14H,6-8H2,1-5H3. The van der Waals surface area contributed by atoms with E-state index in [1.807, 2.05) is 32.9 Å². The molecule has 0 N–H and O–H groups in total. The molecule has 4 nitrogen and oxygen atoms in total. The van der Waals surface area contributed by atoms with Crippen LogP contribution in [-0.4, -0.2) is 22.0 Å². The Morgan fingerprint density at radius 2 is 1.68 bits per heavy atom. The molecule has 134 valence electrons. The number of unbranched alkanes of at least 4 members (excludes halogenated alkanes) is 1. The SMILES string of the molecule is CCCCc1ccc(-c2ccc(C(C)=O)n2C(=O)OC(C)(C)C)cc1. The summed E-state index contributed by atoms with van der Waals surface area (Å²) in [7, 11) is 0. The van der Waals surface area contributed by atoms with E-state index in [0.29, 0.717) is 11.4 Å². The molecule has 0 radical (unpaired) electrons. The number of ketones is 1. The fraction of sp³-hybridized carbons (Fsp3) is 0.429. The number of rotatable bonds is 5. The Labute approximate surface area is 149 Å². The highest BCUT2D eigenvalue weighted by molar-refractivity contribution is 5.98. The van der Waals surface area contributed by atoms with Crippen LogP contribution in [0.15, 0.2) is 36.4 Å². The van der Waals surface area contributed by atoms with Crippen LogP contribution in [0.3, 0.4) is 0 Å². The molecule has 0 aliphatic rings. The molecule has 2 rings (SSSR count).